The van der Waals surface area contributed by atoms with Crippen molar-refractivity contribution in [2.45, 2.75) is 13.5 Å². The minimum absolute atomic E-state index is 0.138. The van der Waals surface area contributed by atoms with Crippen LogP contribution in [0.5, 0.6) is 11.5 Å². The molecule has 0 saturated carbocycles. The summed E-state index contributed by atoms with van der Waals surface area (Å²) in [5.74, 6) is 6.79. The van der Waals surface area contributed by atoms with Gasteiger partial charge in [-0.2, -0.15) is 0 Å². The molecule has 35 heavy (non-hydrogen) atoms. The lowest BCUT2D eigenvalue weighted by Gasteiger charge is -2.28. The zero-order valence-electron chi connectivity index (χ0n) is 20.3. The average Bonchev–Trinajstić information content (AvgIpc) is 2.86. The summed E-state index contributed by atoms with van der Waals surface area (Å²) in [7, 11) is 3.29. The van der Waals surface area contributed by atoms with Gasteiger partial charge < -0.3 is 25.5 Å². The number of amides is 1. The highest BCUT2D eigenvalue weighted by Gasteiger charge is 2.20. The summed E-state index contributed by atoms with van der Waals surface area (Å²) in [4.78, 5) is 15.1. The van der Waals surface area contributed by atoms with Gasteiger partial charge in [-0.1, -0.05) is 42.5 Å². The first-order valence-corrected chi connectivity index (χ1v) is 11.2. The number of nitrogens with two attached hydrogens (primary N) is 2. The van der Waals surface area contributed by atoms with Crippen molar-refractivity contribution in [3.63, 3.8) is 0 Å². The molecular formula is C28H32N4O3. The van der Waals surface area contributed by atoms with Gasteiger partial charge in [-0.15, -0.1) is 0 Å². The summed E-state index contributed by atoms with van der Waals surface area (Å²) >= 11 is 0. The Morgan fingerprint density at radius 2 is 1.74 bits per heavy atom. The minimum Gasteiger partial charge on any atom is -0.508 e. The molecule has 0 aliphatic rings. The maximum atomic E-state index is 13.4. The number of hydrogen-bond donors (Lipinski definition) is 3. The zero-order chi connectivity index (χ0) is 25.4. The molecule has 0 saturated heterocycles. The number of aromatic hydroxyl groups is 1. The molecule has 3 aromatic rings. The fourth-order valence-electron chi connectivity index (χ4n) is 3.61. The maximum Gasteiger partial charge on any atom is 0.247 e. The summed E-state index contributed by atoms with van der Waals surface area (Å²) in [6, 6.07) is 22.0. The number of rotatable bonds is 9. The summed E-state index contributed by atoms with van der Waals surface area (Å²) in [5, 5.41) is 11.0. The van der Waals surface area contributed by atoms with E-state index in [9.17, 15) is 9.90 Å². The first kappa shape index (κ1) is 25.4. The average molecular weight is 473 g/mol. The van der Waals surface area contributed by atoms with Crippen LogP contribution in [-0.4, -0.2) is 41.6 Å². The smallest absolute Gasteiger partial charge is 0.247 e. The zero-order valence-corrected chi connectivity index (χ0v) is 20.3. The standard InChI is InChI=1S/C28H32N4O3/c1-20-9-11-23(26(17-20)35-3)18-32(27(34)16-10-21-7-5-4-6-8-21)19-25(31(2)30)28(29)22-12-14-24(33)15-13-22/h4-17,33H,18-19,29-30H2,1-3H3/b16-10+,28-25-. The van der Waals surface area contributed by atoms with E-state index in [2.05, 4.69) is 0 Å². The number of carbonyl (C=O) groups is 1. The third-order valence-electron chi connectivity index (χ3n) is 5.59. The lowest BCUT2D eigenvalue weighted by Crippen LogP contribution is -2.38. The van der Waals surface area contributed by atoms with Gasteiger partial charge in [-0.25, -0.2) is 5.84 Å². The molecule has 0 unspecified atom stereocenters. The highest BCUT2D eigenvalue weighted by atomic mass is 16.5. The van der Waals surface area contributed by atoms with Crippen LogP contribution in [0.2, 0.25) is 0 Å². The molecule has 1 amide bonds. The number of phenolic OH excluding ortho intramolecular Hbond substituents is 1. The fraction of sp³-hybridized carbons (Fsp3) is 0.179. The van der Waals surface area contributed by atoms with E-state index in [-0.39, 0.29) is 18.2 Å². The van der Waals surface area contributed by atoms with E-state index in [4.69, 9.17) is 16.3 Å². The van der Waals surface area contributed by atoms with Crippen LogP contribution in [0, 0.1) is 6.92 Å². The van der Waals surface area contributed by atoms with Crippen LogP contribution in [0.3, 0.4) is 0 Å². The molecule has 7 nitrogen and oxygen atoms in total. The van der Waals surface area contributed by atoms with Gasteiger partial charge in [0.2, 0.25) is 5.91 Å². The Balaban J connectivity index is 1.98. The van der Waals surface area contributed by atoms with Gasteiger partial charge in [0.25, 0.3) is 0 Å². The number of carbonyl (C=O) groups excluding carboxylic acids is 1. The van der Waals surface area contributed by atoms with Gasteiger partial charge in [0, 0.05) is 18.7 Å². The molecule has 0 fully saturated rings. The third kappa shape index (κ3) is 6.88. The van der Waals surface area contributed by atoms with Crippen molar-refractivity contribution < 1.29 is 14.6 Å². The lowest BCUT2D eigenvalue weighted by atomic mass is 10.1. The van der Waals surface area contributed by atoms with Gasteiger partial charge in [-0.05, 0) is 60.0 Å². The van der Waals surface area contributed by atoms with E-state index in [1.807, 2.05) is 55.5 Å². The van der Waals surface area contributed by atoms with Crippen LogP contribution in [0.1, 0.15) is 22.3 Å². The fourth-order valence-corrected chi connectivity index (χ4v) is 3.61. The molecular weight excluding hydrogens is 440 g/mol. The molecule has 3 aromatic carbocycles. The summed E-state index contributed by atoms with van der Waals surface area (Å²) in [6.45, 7) is 2.44. The molecule has 0 radical (unpaired) electrons. The van der Waals surface area contributed by atoms with Crippen molar-refractivity contribution in [2.75, 3.05) is 20.7 Å². The number of hydrazine groups is 1. The number of aryl methyl sites for hydroxylation is 1. The number of hydrogen-bond acceptors (Lipinski definition) is 6. The van der Waals surface area contributed by atoms with Gasteiger partial charge in [0.15, 0.2) is 0 Å². The summed E-state index contributed by atoms with van der Waals surface area (Å²) in [5.41, 5.74) is 11.0. The molecule has 0 aromatic heterocycles. The first-order chi connectivity index (χ1) is 16.8. The first-order valence-electron chi connectivity index (χ1n) is 11.2. The van der Waals surface area contributed by atoms with Gasteiger partial charge >= 0.3 is 0 Å². The molecule has 7 heteroatoms. The Labute approximate surface area is 206 Å². The minimum atomic E-state index is -0.200. The van der Waals surface area contributed by atoms with E-state index < -0.39 is 0 Å². The molecule has 3 rings (SSSR count). The maximum absolute atomic E-state index is 13.4. The third-order valence-corrected chi connectivity index (χ3v) is 5.59. The van der Waals surface area contributed by atoms with Crippen molar-refractivity contribution in [1.29, 1.82) is 0 Å². The van der Waals surface area contributed by atoms with Crippen molar-refractivity contribution in [1.82, 2.24) is 9.91 Å². The number of ether oxygens (including phenoxy) is 1. The van der Waals surface area contributed by atoms with Crippen LogP contribution >= 0.6 is 0 Å². The second-order valence-corrected chi connectivity index (χ2v) is 8.27. The van der Waals surface area contributed by atoms with E-state index in [0.29, 0.717) is 29.3 Å². The Hall–Kier alpha value is -4.23. The molecule has 0 aliphatic carbocycles. The van der Waals surface area contributed by atoms with Crippen molar-refractivity contribution in [2.24, 2.45) is 11.6 Å². The van der Waals surface area contributed by atoms with Crippen LogP contribution in [0.4, 0.5) is 0 Å². The van der Waals surface area contributed by atoms with E-state index in [1.54, 1.807) is 55.5 Å². The topological polar surface area (TPSA) is 105 Å². The highest BCUT2D eigenvalue weighted by Crippen LogP contribution is 2.24. The van der Waals surface area contributed by atoms with Crippen molar-refractivity contribution in [3.05, 3.63) is 107 Å². The van der Waals surface area contributed by atoms with E-state index in [1.165, 1.54) is 5.01 Å². The summed E-state index contributed by atoms with van der Waals surface area (Å²) in [6.07, 6.45) is 3.32. The molecule has 0 atom stereocenters. The normalized spacial score (nSPS) is 11.8. The van der Waals surface area contributed by atoms with Crippen molar-refractivity contribution in [3.8, 4) is 11.5 Å². The van der Waals surface area contributed by atoms with Crippen molar-refractivity contribution >= 4 is 17.7 Å². The van der Waals surface area contributed by atoms with Gasteiger partial charge in [0.1, 0.15) is 11.5 Å². The van der Waals surface area contributed by atoms with Crippen LogP contribution in [-0.2, 0) is 11.3 Å². The predicted octanol–water partition coefficient (Wildman–Crippen LogP) is 3.88. The monoisotopic (exact) mass is 472 g/mol. The Bertz CT molecular complexity index is 1200. The number of likely N-dealkylation sites (N-methyl/N-ethyl adjacent to an activating group) is 1. The number of nitrogens with zero attached hydrogens (tertiary/aromatic N) is 2. The largest absolute Gasteiger partial charge is 0.508 e. The highest BCUT2D eigenvalue weighted by molar-refractivity contribution is 5.92. The molecule has 0 heterocycles. The Morgan fingerprint density at radius 3 is 2.37 bits per heavy atom. The predicted molar refractivity (Wildman–Crippen MR) is 140 cm³/mol. The van der Waals surface area contributed by atoms with Crippen LogP contribution in [0.15, 0.2) is 84.6 Å². The Kier molecular flexibility index (Phi) is 8.53. The summed E-state index contributed by atoms with van der Waals surface area (Å²) < 4.78 is 5.57. The molecule has 0 bridgehead atoms. The molecule has 0 spiro atoms. The number of benzene rings is 3. The van der Waals surface area contributed by atoms with Crippen LogP contribution < -0.4 is 16.3 Å². The lowest BCUT2D eigenvalue weighted by molar-refractivity contribution is -0.126. The molecule has 5 N–H and O–H groups in total. The SMILES string of the molecule is COc1cc(C)ccc1CN(C/C(=C(/N)c1ccc(O)cc1)N(C)N)C(=O)/C=C/c1ccccc1. The molecule has 0 aliphatic heterocycles. The second kappa shape index (κ2) is 11.8. The number of methoxy groups -OCH3 is 1. The van der Waals surface area contributed by atoms with Gasteiger partial charge in [0.05, 0.1) is 31.6 Å². The van der Waals surface area contributed by atoms with E-state index >= 15 is 0 Å². The quantitative estimate of drug-likeness (QED) is 0.248. The van der Waals surface area contributed by atoms with Gasteiger partial charge in [-0.3, -0.25) is 4.79 Å². The Morgan fingerprint density at radius 1 is 1.06 bits per heavy atom. The van der Waals surface area contributed by atoms with Crippen LogP contribution in [0.25, 0.3) is 11.8 Å². The second-order valence-electron chi connectivity index (χ2n) is 8.27. The number of phenols is 1. The molecule has 182 valence electrons. The van der Waals surface area contributed by atoms with E-state index in [0.717, 1.165) is 16.7 Å².